The average molecular weight is 249 g/mol. The van der Waals surface area contributed by atoms with Crippen LogP contribution in [0, 0.1) is 5.92 Å². The van der Waals surface area contributed by atoms with E-state index in [0.29, 0.717) is 12.5 Å². The second-order valence-corrected chi connectivity index (χ2v) is 4.91. The standard InChI is InChI=1S/C16H27NO/c1-3-5-6-14(4-2)13-18-16-9-7-15(8-10-16)11-12-17/h7-10,14H,3-6,11-13,17H2,1-2H3. The second kappa shape index (κ2) is 8.98. The third-order valence-corrected chi connectivity index (χ3v) is 3.39. The van der Waals surface area contributed by atoms with Gasteiger partial charge in [-0.2, -0.15) is 0 Å². The van der Waals surface area contributed by atoms with E-state index in [1.54, 1.807) is 0 Å². The average Bonchev–Trinajstić information content (AvgIpc) is 2.41. The van der Waals surface area contributed by atoms with E-state index in [9.17, 15) is 0 Å². The van der Waals surface area contributed by atoms with Crippen LogP contribution in [-0.4, -0.2) is 13.2 Å². The lowest BCUT2D eigenvalue weighted by atomic mass is 10.0. The molecule has 2 nitrogen and oxygen atoms in total. The maximum atomic E-state index is 5.86. The van der Waals surface area contributed by atoms with Crippen LogP contribution in [0.3, 0.4) is 0 Å². The van der Waals surface area contributed by atoms with Crippen LogP contribution >= 0.6 is 0 Å². The Labute approximate surface area is 112 Å². The normalized spacial score (nSPS) is 12.4. The zero-order valence-corrected chi connectivity index (χ0v) is 11.8. The summed E-state index contributed by atoms with van der Waals surface area (Å²) in [6.45, 7) is 6.03. The van der Waals surface area contributed by atoms with Crippen molar-refractivity contribution in [1.29, 1.82) is 0 Å². The van der Waals surface area contributed by atoms with Crippen molar-refractivity contribution < 1.29 is 4.74 Å². The molecule has 1 rings (SSSR count). The third-order valence-electron chi connectivity index (χ3n) is 3.39. The van der Waals surface area contributed by atoms with Gasteiger partial charge in [-0.15, -0.1) is 0 Å². The number of unbranched alkanes of at least 4 members (excludes halogenated alkanes) is 1. The smallest absolute Gasteiger partial charge is 0.119 e. The van der Waals surface area contributed by atoms with Gasteiger partial charge in [-0.05, 0) is 43.0 Å². The Balaban J connectivity index is 2.37. The van der Waals surface area contributed by atoms with Crippen LogP contribution in [0.1, 0.15) is 45.1 Å². The predicted molar refractivity (Wildman–Crippen MR) is 78.0 cm³/mol. The monoisotopic (exact) mass is 249 g/mol. The van der Waals surface area contributed by atoms with Gasteiger partial charge in [0.25, 0.3) is 0 Å². The molecule has 0 saturated carbocycles. The fraction of sp³-hybridized carbons (Fsp3) is 0.625. The van der Waals surface area contributed by atoms with Gasteiger partial charge in [0.2, 0.25) is 0 Å². The molecule has 1 unspecified atom stereocenters. The van der Waals surface area contributed by atoms with Crippen LogP contribution in [0.5, 0.6) is 5.75 Å². The summed E-state index contributed by atoms with van der Waals surface area (Å²) in [7, 11) is 0. The van der Waals surface area contributed by atoms with Crippen molar-refractivity contribution in [2.75, 3.05) is 13.2 Å². The summed E-state index contributed by atoms with van der Waals surface area (Å²) in [4.78, 5) is 0. The Hall–Kier alpha value is -1.02. The van der Waals surface area contributed by atoms with Crippen LogP contribution < -0.4 is 10.5 Å². The van der Waals surface area contributed by atoms with Crippen molar-refractivity contribution in [2.24, 2.45) is 11.7 Å². The first-order chi connectivity index (χ1) is 8.80. The van der Waals surface area contributed by atoms with Crippen molar-refractivity contribution in [1.82, 2.24) is 0 Å². The SMILES string of the molecule is CCCCC(CC)COc1ccc(CCN)cc1. The lowest BCUT2D eigenvalue weighted by Crippen LogP contribution is -2.11. The highest BCUT2D eigenvalue weighted by molar-refractivity contribution is 5.27. The molecule has 1 aromatic carbocycles. The molecule has 102 valence electrons. The molecule has 2 N–H and O–H groups in total. The number of hydrogen-bond acceptors (Lipinski definition) is 2. The molecule has 1 atom stereocenters. The molecular formula is C16H27NO. The minimum Gasteiger partial charge on any atom is -0.493 e. The van der Waals surface area contributed by atoms with Gasteiger partial charge >= 0.3 is 0 Å². The van der Waals surface area contributed by atoms with E-state index in [0.717, 1.165) is 18.8 Å². The van der Waals surface area contributed by atoms with Gasteiger partial charge in [0, 0.05) is 0 Å². The lowest BCUT2D eigenvalue weighted by Gasteiger charge is -2.15. The van der Waals surface area contributed by atoms with E-state index in [2.05, 4.69) is 38.1 Å². The molecule has 0 aliphatic rings. The van der Waals surface area contributed by atoms with Gasteiger partial charge in [-0.3, -0.25) is 0 Å². The van der Waals surface area contributed by atoms with Gasteiger partial charge in [0.15, 0.2) is 0 Å². The van der Waals surface area contributed by atoms with Crippen molar-refractivity contribution in [2.45, 2.75) is 46.0 Å². The molecule has 18 heavy (non-hydrogen) atoms. The molecule has 0 fully saturated rings. The molecule has 1 aromatic rings. The molecule has 0 spiro atoms. The van der Waals surface area contributed by atoms with Crippen molar-refractivity contribution >= 4 is 0 Å². The number of nitrogens with two attached hydrogens (primary N) is 1. The highest BCUT2D eigenvalue weighted by atomic mass is 16.5. The summed E-state index contributed by atoms with van der Waals surface area (Å²) >= 11 is 0. The summed E-state index contributed by atoms with van der Waals surface area (Å²) in [5.41, 5.74) is 6.81. The molecule has 0 saturated heterocycles. The zero-order valence-electron chi connectivity index (χ0n) is 11.8. The Bertz CT molecular complexity index is 307. The third kappa shape index (κ3) is 5.54. The molecular weight excluding hydrogens is 222 g/mol. The van der Waals surface area contributed by atoms with Gasteiger partial charge in [0.1, 0.15) is 5.75 Å². The topological polar surface area (TPSA) is 35.2 Å². The summed E-state index contributed by atoms with van der Waals surface area (Å²) in [6.07, 6.45) is 5.99. The highest BCUT2D eigenvalue weighted by Gasteiger charge is 2.06. The number of ether oxygens (including phenoxy) is 1. The van der Waals surface area contributed by atoms with Crippen molar-refractivity contribution in [3.63, 3.8) is 0 Å². The van der Waals surface area contributed by atoms with Gasteiger partial charge in [-0.25, -0.2) is 0 Å². The number of hydrogen-bond donors (Lipinski definition) is 1. The van der Waals surface area contributed by atoms with Gasteiger partial charge < -0.3 is 10.5 Å². The maximum Gasteiger partial charge on any atom is 0.119 e. The maximum absolute atomic E-state index is 5.86. The molecule has 0 radical (unpaired) electrons. The molecule has 0 heterocycles. The Morgan fingerprint density at radius 2 is 1.89 bits per heavy atom. The van der Waals surface area contributed by atoms with E-state index in [4.69, 9.17) is 10.5 Å². The minimum absolute atomic E-state index is 0.689. The molecule has 0 aliphatic carbocycles. The van der Waals surface area contributed by atoms with Crippen LogP contribution in [0.25, 0.3) is 0 Å². The molecule has 0 aliphatic heterocycles. The van der Waals surface area contributed by atoms with E-state index < -0.39 is 0 Å². The fourth-order valence-corrected chi connectivity index (χ4v) is 2.03. The Morgan fingerprint density at radius 1 is 1.17 bits per heavy atom. The van der Waals surface area contributed by atoms with E-state index >= 15 is 0 Å². The largest absolute Gasteiger partial charge is 0.493 e. The van der Waals surface area contributed by atoms with Gasteiger partial charge in [-0.1, -0.05) is 45.2 Å². The zero-order chi connectivity index (χ0) is 13.2. The fourth-order valence-electron chi connectivity index (χ4n) is 2.03. The van der Waals surface area contributed by atoms with Crippen LogP contribution in [-0.2, 0) is 6.42 Å². The first kappa shape index (κ1) is 15.0. The van der Waals surface area contributed by atoms with Crippen molar-refractivity contribution in [3.05, 3.63) is 29.8 Å². The highest BCUT2D eigenvalue weighted by Crippen LogP contribution is 2.17. The van der Waals surface area contributed by atoms with Crippen LogP contribution in [0.2, 0.25) is 0 Å². The van der Waals surface area contributed by atoms with Crippen molar-refractivity contribution in [3.8, 4) is 5.75 Å². The first-order valence-electron chi connectivity index (χ1n) is 7.21. The predicted octanol–water partition coefficient (Wildman–Crippen LogP) is 3.78. The van der Waals surface area contributed by atoms with E-state index in [1.807, 2.05) is 0 Å². The van der Waals surface area contributed by atoms with Crippen LogP contribution in [0.15, 0.2) is 24.3 Å². The van der Waals surface area contributed by atoms with Gasteiger partial charge in [0.05, 0.1) is 6.61 Å². The molecule has 0 aromatic heterocycles. The second-order valence-electron chi connectivity index (χ2n) is 4.91. The summed E-state index contributed by atoms with van der Waals surface area (Å²) < 4.78 is 5.86. The minimum atomic E-state index is 0.689. The Kier molecular flexibility index (Phi) is 7.51. The molecule has 0 bridgehead atoms. The number of benzene rings is 1. The number of rotatable bonds is 9. The molecule has 2 heteroatoms. The van der Waals surface area contributed by atoms with E-state index in [1.165, 1.54) is 31.2 Å². The first-order valence-corrected chi connectivity index (χ1v) is 7.21. The summed E-state index contributed by atoms with van der Waals surface area (Å²) in [5.74, 6) is 1.67. The summed E-state index contributed by atoms with van der Waals surface area (Å²) in [6, 6.07) is 8.32. The lowest BCUT2D eigenvalue weighted by molar-refractivity contribution is 0.233. The quantitative estimate of drug-likeness (QED) is 0.723. The Morgan fingerprint density at radius 3 is 2.44 bits per heavy atom. The van der Waals surface area contributed by atoms with E-state index in [-0.39, 0.29) is 0 Å². The summed E-state index contributed by atoms with van der Waals surface area (Å²) in [5, 5.41) is 0. The molecule has 0 amide bonds. The van der Waals surface area contributed by atoms with Crippen LogP contribution in [0.4, 0.5) is 0 Å².